The highest BCUT2D eigenvalue weighted by Crippen LogP contribution is 2.24. The summed E-state index contributed by atoms with van der Waals surface area (Å²) in [5.41, 5.74) is 2.36. The van der Waals surface area contributed by atoms with Crippen LogP contribution in [-0.2, 0) is 10.2 Å². The highest BCUT2D eigenvalue weighted by molar-refractivity contribution is 5.78. The van der Waals surface area contributed by atoms with Gasteiger partial charge < -0.3 is 10.1 Å². The fourth-order valence-electron chi connectivity index (χ4n) is 2.34. The molecule has 0 aliphatic carbocycles. The minimum Gasteiger partial charge on any atom is -0.481 e. The normalized spacial score (nSPS) is 12.5. The Morgan fingerprint density at radius 2 is 1.75 bits per heavy atom. The zero-order valence-electron chi connectivity index (χ0n) is 14.6. The SMILES string of the molecule is C[C@@H](NC(=O)COc1ccccc1F)c1ccc(C(C)(C)C)cc1. The average molecular weight is 329 g/mol. The van der Waals surface area contributed by atoms with Gasteiger partial charge in [0.1, 0.15) is 0 Å². The van der Waals surface area contributed by atoms with Crippen molar-refractivity contribution in [2.24, 2.45) is 0 Å². The van der Waals surface area contributed by atoms with Gasteiger partial charge in [-0.05, 0) is 35.6 Å². The Balaban J connectivity index is 1.90. The van der Waals surface area contributed by atoms with E-state index in [1.165, 1.54) is 17.7 Å². The molecule has 0 unspecified atom stereocenters. The Labute approximate surface area is 142 Å². The van der Waals surface area contributed by atoms with Crippen LogP contribution in [-0.4, -0.2) is 12.5 Å². The fourth-order valence-corrected chi connectivity index (χ4v) is 2.34. The molecule has 0 bridgehead atoms. The molecule has 2 rings (SSSR count). The molecule has 1 amide bonds. The summed E-state index contributed by atoms with van der Waals surface area (Å²) in [5, 5.41) is 2.86. The number of amides is 1. The van der Waals surface area contributed by atoms with Crippen molar-refractivity contribution >= 4 is 5.91 Å². The summed E-state index contributed by atoms with van der Waals surface area (Å²) in [6, 6.07) is 14.1. The van der Waals surface area contributed by atoms with Gasteiger partial charge in [-0.25, -0.2) is 4.39 Å². The van der Waals surface area contributed by atoms with Crippen LogP contribution in [0.1, 0.15) is 44.9 Å². The number of benzene rings is 2. The van der Waals surface area contributed by atoms with E-state index < -0.39 is 5.82 Å². The number of carbonyl (C=O) groups is 1. The first-order chi connectivity index (χ1) is 11.3. The van der Waals surface area contributed by atoms with Crippen molar-refractivity contribution in [3.05, 3.63) is 65.5 Å². The summed E-state index contributed by atoms with van der Waals surface area (Å²) in [6.45, 7) is 8.17. The Hall–Kier alpha value is -2.36. The van der Waals surface area contributed by atoms with Gasteiger partial charge in [0.05, 0.1) is 6.04 Å². The molecular formula is C20H24FNO2. The van der Waals surface area contributed by atoms with Crippen LogP contribution < -0.4 is 10.1 Å². The van der Waals surface area contributed by atoms with Crippen LogP contribution in [0.2, 0.25) is 0 Å². The van der Waals surface area contributed by atoms with Crippen LogP contribution in [0, 0.1) is 5.82 Å². The minimum absolute atomic E-state index is 0.0785. The number of halogens is 1. The van der Waals surface area contributed by atoms with E-state index in [-0.39, 0.29) is 29.7 Å². The average Bonchev–Trinajstić information content (AvgIpc) is 2.53. The molecule has 2 aromatic carbocycles. The molecule has 0 radical (unpaired) electrons. The lowest BCUT2D eigenvalue weighted by molar-refractivity contribution is -0.123. The van der Waals surface area contributed by atoms with Gasteiger partial charge in [0.2, 0.25) is 0 Å². The van der Waals surface area contributed by atoms with Crippen molar-refractivity contribution in [2.75, 3.05) is 6.61 Å². The quantitative estimate of drug-likeness (QED) is 0.884. The second-order valence-electron chi connectivity index (χ2n) is 6.88. The highest BCUT2D eigenvalue weighted by Gasteiger charge is 2.15. The molecule has 2 aromatic rings. The zero-order valence-corrected chi connectivity index (χ0v) is 14.6. The van der Waals surface area contributed by atoms with E-state index in [2.05, 4.69) is 38.2 Å². The van der Waals surface area contributed by atoms with Gasteiger partial charge in [-0.3, -0.25) is 4.79 Å². The lowest BCUT2D eigenvalue weighted by Crippen LogP contribution is -2.31. The van der Waals surface area contributed by atoms with E-state index in [1.54, 1.807) is 12.1 Å². The first kappa shape index (κ1) is 18.0. The molecule has 0 heterocycles. The Morgan fingerprint density at radius 1 is 1.12 bits per heavy atom. The second kappa shape index (κ2) is 7.47. The van der Waals surface area contributed by atoms with Gasteiger partial charge >= 0.3 is 0 Å². The molecule has 1 atom stereocenters. The predicted molar refractivity (Wildman–Crippen MR) is 93.6 cm³/mol. The third-order valence-corrected chi connectivity index (χ3v) is 3.85. The monoisotopic (exact) mass is 329 g/mol. The predicted octanol–water partition coefficient (Wildman–Crippen LogP) is 4.38. The number of nitrogens with one attached hydrogen (secondary N) is 1. The topological polar surface area (TPSA) is 38.3 Å². The number of carbonyl (C=O) groups excluding carboxylic acids is 1. The van der Waals surface area contributed by atoms with Crippen LogP contribution in [0.3, 0.4) is 0 Å². The van der Waals surface area contributed by atoms with Crippen LogP contribution in [0.5, 0.6) is 5.75 Å². The molecule has 0 aliphatic rings. The Bertz CT molecular complexity index is 690. The number of ether oxygens (including phenoxy) is 1. The van der Waals surface area contributed by atoms with E-state index in [0.29, 0.717) is 0 Å². The molecular weight excluding hydrogens is 305 g/mol. The van der Waals surface area contributed by atoms with Gasteiger partial charge in [-0.1, -0.05) is 57.2 Å². The van der Waals surface area contributed by atoms with Crippen molar-refractivity contribution in [1.29, 1.82) is 0 Å². The molecule has 0 fully saturated rings. The summed E-state index contributed by atoms with van der Waals surface area (Å²) >= 11 is 0. The minimum atomic E-state index is -0.476. The van der Waals surface area contributed by atoms with Crippen molar-refractivity contribution < 1.29 is 13.9 Å². The molecule has 0 saturated heterocycles. The molecule has 0 aliphatic heterocycles. The van der Waals surface area contributed by atoms with E-state index in [0.717, 1.165) is 5.56 Å². The summed E-state index contributed by atoms with van der Waals surface area (Å²) in [7, 11) is 0. The molecule has 3 nitrogen and oxygen atoms in total. The van der Waals surface area contributed by atoms with Crippen LogP contribution in [0.15, 0.2) is 48.5 Å². The lowest BCUT2D eigenvalue weighted by Gasteiger charge is -2.20. The number of hydrogen-bond donors (Lipinski definition) is 1. The summed E-state index contributed by atoms with van der Waals surface area (Å²) in [5.74, 6) is -0.684. The molecule has 0 aromatic heterocycles. The maximum atomic E-state index is 13.4. The molecule has 0 spiro atoms. The van der Waals surface area contributed by atoms with Crippen LogP contribution >= 0.6 is 0 Å². The van der Waals surface area contributed by atoms with Gasteiger partial charge in [-0.15, -0.1) is 0 Å². The third kappa shape index (κ3) is 4.82. The standard InChI is InChI=1S/C20H24FNO2/c1-14(15-9-11-16(12-10-15)20(2,3)4)22-19(23)13-24-18-8-6-5-7-17(18)21/h5-12,14H,13H2,1-4H3,(H,22,23)/t14-/m1/s1. The maximum Gasteiger partial charge on any atom is 0.258 e. The van der Waals surface area contributed by atoms with Crippen molar-refractivity contribution in [3.8, 4) is 5.75 Å². The van der Waals surface area contributed by atoms with E-state index in [4.69, 9.17) is 4.74 Å². The first-order valence-corrected chi connectivity index (χ1v) is 8.04. The van der Waals surface area contributed by atoms with Gasteiger partial charge in [0, 0.05) is 0 Å². The molecule has 24 heavy (non-hydrogen) atoms. The summed E-state index contributed by atoms with van der Waals surface area (Å²) in [6.07, 6.45) is 0. The smallest absolute Gasteiger partial charge is 0.258 e. The second-order valence-corrected chi connectivity index (χ2v) is 6.88. The van der Waals surface area contributed by atoms with Crippen LogP contribution in [0.4, 0.5) is 4.39 Å². The molecule has 1 N–H and O–H groups in total. The summed E-state index contributed by atoms with van der Waals surface area (Å²) in [4.78, 5) is 12.0. The molecule has 4 heteroatoms. The van der Waals surface area contributed by atoms with Gasteiger partial charge in [0.25, 0.3) is 5.91 Å². The van der Waals surface area contributed by atoms with Gasteiger partial charge in [0.15, 0.2) is 18.2 Å². The largest absolute Gasteiger partial charge is 0.481 e. The maximum absolute atomic E-state index is 13.4. The molecule has 0 saturated carbocycles. The summed E-state index contributed by atoms with van der Waals surface area (Å²) < 4.78 is 18.7. The zero-order chi connectivity index (χ0) is 17.7. The highest BCUT2D eigenvalue weighted by atomic mass is 19.1. The third-order valence-electron chi connectivity index (χ3n) is 3.85. The number of rotatable bonds is 5. The van der Waals surface area contributed by atoms with E-state index >= 15 is 0 Å². The van der Waals surface area contributed by atoms with Gasteiger partial charge in [-0.2, -0.15) is 0 Å². The Kier molecular flexibility index (Phi) is 5.60. The molecule has 128 valence electrons. The first-order valence-electron chi connectivity index (χ1n) is 8.04. The van der Waals surface area contributed by atoms with E-state index in [1.807, 2.05) is 19.1 Å². The fraction of sp³-hybridized carbons (Fsp3) is 0.350. The van der Waals surface area contributed by atoms with E-state index in [9.17, 15) is 9.18 Å². The van der Waals surface area contributed by atoms with Crippen molar-refractivity contribution in [2.45, 2.75) is 39.2 Å². The van der Waals surface area contributed by atoms with Crippen LogP contribution in [0.25, 0.3) is 0 Å². The number of hydrogen-bond acceptors (Lipinski definition) is 2. The lowest BCUT2D eigenvalue weighted by atomic mass is 9.86. The van der Waals surface area contributed by atoms with Crippen molar-refractivity contribution in [1.82, 2.24) is 5.32 Å². The number of para-hydroxylation sites is 1. The van der Waals surface area contributed by atoms with Crippen molar-refractivity contribution in [3.63, 3.8) is 0 Å². The Morgan fingerprint density at radius 3 is 2.33 bits per heavy atom.